The molecule has 0 saturated carbocycles. The van der Waals surface area contributed by atoms with Crippen molar-refractivity contribution in [2.24, 2.45) is 7.05 Å². The summed E-state index contributed by atoms with van der Waals surface area (Å²) in [5.74, 6) is 0.203. The monoisotopic (exact) mass is 416 g/mol. The number of aromatic nitrogens is 1. The van der Waals surface area contributed by atoms with Gasteiger partial charge < -0.3 is 14.8 Å². The molecule has 2 aliphatic rings. The zero-order chi connectivity index (χ0) is 21.4. The number of amides is 1. The van der Waals surface area contributed by atoms with Crippen LogP contribution in [0.25, 0.3) is 10.9 Å². The molecule has 0 aliphatic carbocycles. The fourth-order valence-corrected chi connectivity index (χ4v) is 5.09. The smallest absolute Gasteiger partial charge is 0.241 e. The van der Waals surface area contributed by atoms with Crippen LogP contribution in [0.15, 0.2) is 42.5 Å². The maximum absolute atomic E-state index is 13.0. The van der Waals surface area contributed by atoms with Crippen LogP contribution in [-0.2, 0) is 31.1 Å². The van der Waals surface area contributed by atoms with Gasteiger partial charge in [0.1, 0.15) is 0 Å². The number of anilines is 1. The Kier molecular flexibility index (Phi) is 5.55. The highest BCUT2D eigenvalue weighted by atomic mass is 16.2. The maximum atomic E-state index is 13.0. The summed E-state index contributed by atoms with van der Waals surface area (Å²) < 4.78 is 2.34. The lowest BCUT2D eigenvalue weighted by atomic mass is 10.1. The van der Waals surface area contributed by atoms with Crippen LogP contribution in [0.5, 0.6) is 0 Å². The number of nitrogens with one attached hydrogen (secondary N) is 1. The van der Waals surface area contributed by atoms with Gasteiger partial charge in [-0.1, -0.05) is 35.9 Å². The minimum absolute atomic E-state index is 0.203. The van der Waals surface area contributed by atoms with E-state index in [9.17, 15) is 4.79 Å². The van der Waals surface area contributed by atoms with E-state index in [2.05, 4.69) is 71.2 Å². The van der Waals surface area contributed by atoms with Gasteiger partial charge in [-0.3, -0.25) is 9.69 Å². The number of carbonyl (C=O) groups is 1. The molecule has 1 fully saturated rings. The highest BCUT2D eigenvalue weighted by Gasteiger charge is 2.26. The number of nitrogens with zero attached hydrogens (tertiary/aromatic N) is 3. The molecule has 1 saturated heterocycles. The molecule has 3 heterocycles. The Morgan fingerprint density at radius 3 is 2.61 bits per heavy atom. The standard InChI is InChI=1S/C26H32N4O/c1-19-3-5-20(6-4-19)11-14-29-15-16-30(26(31)18-29)21-7-8-22-23-9-12-27-13-10-24(23)28(2)25(22)17-21/h3-8,17,27H,9-16,18H2,1-2H3. The molecule has 0 atom stereocenters. The van der Waals surface area contributed by atoms with Gasteiger partial charge in [0.15, 0.2) is 0 Å². The first-order chi connectivity index (χ1) is 15.1. The summed E-state index contributed by atoms with van der Waals surface area (Å²) in [7, 11) is 2.17. The number of aryl methyl sites for hydroxylation is 2. The number of piperazine rings is 1. The second kappa shape index (κ2) is 8.48. The quantitative estimate of drug-likeness (QED) is 0.711. The predicted octanol–water partition coefficient (Wildman–Crippen LogP) is 3.07. The molecule has 2 aromatic carbocycles. The van der Waals surface area contributed by atoms with Crippen molar-refractivity contribution in [1.29, 1.82) is 0 Å². The molecule has 1 aromatic heterocycles. The normalized spacial score (nSPS) is 17.7. The van der Waals surface area contributed by atoms with Crippen molar-refractivity contribution in [3.8, 4) is 0 Å². The maximum Gasteiger partial charge on any atom is 0.241 e. The molecular weight excluding hydrogens is 384 g/mol. The zero-order valence-corrected chi connectivity index (χ0v) is 18.7. The first-order valence-corrected chi connectivity index (χ1v) is 11.5. The largest absolute Gasteiger partial charge is 0.347 e. The number of hydrogen-bond acceptors (Lipinski definition) is 3. The third kappa shape index (κ3) is 4.00. The Balaban J connectivity index is 1.29. The molecule has 31 heavy (non-hydrogen) atoms. The minimum atomic E-state index is 0.203. The van der Waals surface area contributed by atoms with Crippen molar-refractivity contribution in [1.82, 2.24) is 14.8 Å². The summed E-state index contributed by atoms with van der Waals surface area (Å²) in [6.07, 6.45) is 3.13. The zero-order valence-electron chi connectivity index (χ0n) is 18.7. The third-order valence-electron chi connectivity index (χ3n) is 6.96. The molecule has 5 heteroatoms. The third-order valence-corrected chi connectivity index (χ3v) is 6.96. The van der Waals surface area contributed by atoms with Gasteiger partial charge in [-0.15, -0.1) is 0 Å². The average molecular weight is 417 g/mol. The van der Waals surface area contributed by atoms with E-state index in [0.717, 1.165) is 57.7 Å². The molecule has 2 aliphatic heterocycles. The molecular formula is C26H32N4O. The second-order valence-electron chi connectivity index (χ2n) is 8.99. The molecule has 0 unspecified atom stereocenters. The first-order valence-electron chi connectivity index (χ1n) is 11.5. The van der Waals surface area contributed by atoms with Crippen molar-refractivity contribution in [2.75, 3.05) is 44.2 Å². The fourth-order valence-electron chi connectivity index (χ4n) is 5.09. The summed E-state index contributed by atoms with van der Waals surface area (Å²) >= 11 is 0. The van der Waals surface area contributed by atoms with Crippen molar-refractivity contribution in [3.63, 3.8) is 0 Å². The van der Waals surface area contributed by atoms with Crippen molar-refractivity contribution in [2.45, 2.75) is 26.2 Å². The minimum Gasteiger partial charge on any atom is -0.347 e. The molecule has 3 aromatic rings. The van der Waals surface area contributed by atoms with Crippen LogP contribution in [-0.4, -0.2) is 54.6 Å². The van der Waals surface area contributed by atoms with Crippen molar-refractivity contribution >= 4 is 22.5 Å². The van der Waals surface area contributed by atoms with Crippen molar-refractivity contribution < 1.29 is 4.79 Å². The summed E-state index contributed by atoms with van der Waals surface area (Å²) in [5, 5.41) is 4.84. The number of rotatable bonds is 4. The van der Waals surface area contributed by atoms with E-state index >= 15 is 0 Å². The lowest BCUT2D eigenvalue weighted by Gasteiger charge is -2.34. The highest BCUT2D eigenvalue weighted by Crippen LogP contribution is 2.31. The summed E-state index contributed by atoms with van der Waals surface area (Å²) in [6.45, 7) is 7.29. The molecule has 0 spiro atoms. The van der Waals surface area contributed by atoms with Gasteiger partial charge in [-0.25, -0.2) is 0 Å². The van der Waals surface area contributed by atoms with E-state index in [1.54, 1.807) is 0 Å². The predicted molar refractivity (Wildman–Crippen MR) is 127 cm³/mol. The van der Waals surface area contributed by atoms with Gasteiger partial charge in [-0.05, 0) is 49.6 Å². The van der Waals surface area contributed by atoms with E-state index in [4.69, 9.17) is 0 Å². The van der Waals surface area contributed by atoms with Crippen LogP contribution in [0.4, 0.5) is 5.69 Å². The van der Waals surface area contributed by atoms with Gasteiger partial charge in [0, 0.05) is 56.4 Å². The van der Waals surface area contributed by atoms with Gasteiger partial charge >= 0.3 is 0 Å². The summed E-state index contributed by atoms with van der Waals surface area (Å²) in [4.78, 5) is 17.3. The van der Waals surface area contributed by atoms with Crippen molar-refractivity contribution in [3.05, 3.63) is 64.8 Å². The van der Waals surface area contributed by atoms with Crippen LogP contribution in [0.1, 0.15) is 22.4 Å². The SMILES string of the molecule is Cc1ccc(CCN2CCN(c3ccc4c5c(n(C)c4c3)CCNCC5)C(=O)C2)cc1. The first kappa shape index (κ1) is 20.3. The summed E-state index contributed by atoms with van der Waals surface area (Å²) in [6, 6.07) is 15.3. The molecule has 162 valence electrons. The van der Waals surface area contributed by atoms with Gasteiger partial charge in [-0.2, -0.15) is 0 Å². The van der Waals surface area contributed by atoms with Gasteiger partial charge in [0.25, 0.3) is 0 Å². The van der Waals surface area contributed by atoms with Crippen LogP contribution in [0.2, 0.25) is 0 Å². The lowest BCUT2D eigenvalue weighted by Crippen LogP contribution is -2.50. The topological polar surface area (TPSA) is 40.5 Å². The number of carbonyl (C=O) groups excluding carboxylic acids is 1. The number of fused-ring (bicyclic) bond motifs is 3. The van der Waals surface area contributed by atoms with Gasteiger partial charge in [0.05, 0.1) is 12.1 Å². The molecule has 0 radical (unpaired) electrons. The Bertz CT molecular complexity index is 1100. The number of hydrogen-bond donors (Lipinski definition) is 1. The highest BCUT2D eigenvalue weighted by molar-refractivity contribution is 5.98. The Hall–Kier alpha value is -2.63. The Labute approximate surface area is 184 Å². The summed E-state index contributed by atoms with van der Waals surface area (Å²) in [5.41, 5.74) is 7.81. The van der Waals surface area contributed by atoms with Crippen LogP contribution in [0.3, 0.4) is 0 Å². The average Bonchev–Trinajstić information content (AvgIpc) is 2.93. The van der Waals surface area contributed by atoms with E-state index < -0.39 is 0 Å². The fraction of sp³-hybridized carbons (Fsp3) is 0.423. The molecule has 5 nitrogen and oxygen atoms in total. The van der Waals surface area contributed by atoms with Crippen LogP contribution >= 0.6 is 0 Å². The molecule has 1 amide bonds. The van der Waals surface area contributed by atoms with Crippen LogP contribution < -0.4 is 10.2 Å². The van der Waals surface area contributed by atoms with E-state index in [0.29, 0.717) is 6.54 Å². The lowest BCUT2D eigenvalue weighted by molar-refractivity contribution is -0.121. The van der Waals surface area contributed by atoms with E-state index in [1.165, 1.54) is 33.3 Å². The number of benzene rings is 2. The molecule has 0 bridgehead atoms. The molecule has 5 rings (SSSR count). The molecule has 1 N–H and O–H groups in total. The second-order valence-corrected chi connectivity index (χ2v) is 8.99. The van der Waals surface area contributed by atoms with Gasteiger partial charge in [0.2, 0.25) is 5.91 Å². The Morgan fingerprint density at radius 1 is 1.00 bits per heavy atom. The van der Waals surface area contributed by atoms with E-state index in [-0.39, 0.29) is 5.91 Å². The van der Waals surface area contributed by atoms with E-state index in [1.807, 2.05) is 4.90 Å². The Morgan fingerprint density at radius 2 is 1.81 bits per heavy atom. The van der Waals surface area contributed by atoms with Crippen LogP contribution in [0, 0.1) is 6.92 Å².